The third-order valence-corrected chi connectivity index (χ3v) is 6.59. The molecule has 0 unspecified atom stereocenters. The zero-order valence-electron chi connectivity index (χ0n) is 19.5. The van der Waals surface area contributed by atoms with Gasteiger partial charge >= 0.3 is 6.18 Å². The molecule has 0 aliphatic rings. The molecule has 2 aromatic carbocycles. The SMILES string of the molecule is CCS(=O)(=O)Nc1ccc(CNC(=O)C=Cc2ccc(C(F)(F)F)nc2CCc2ccccc2)cc1. The van der Waals surface area contributed by atoms with E-state index in [2.05, 4.69) is 15.0 Å². The molecule has 0 radical (unpaired) electrons. The molecule has 0 aliphatic heterocycles. The summed E-state index contributed by atoms with van der Waals surface area (Å²) in [5.74, 6) is -0.473. The lowest BCUT2D eigenvalue weighted by Crippen LogP contribution is -2.20. The summed E-state index contributed by atoms with van der Waals surface area (Å²) in [5, 5.41) is 2.70. The van der Waals surface area contributed by atoms with Gasteiger partial charge in [0.05, 0.1) is 5.75 Å². The second-order valence-corrected chi connectivity index (χ2v) is 9.98. The maximum atomic E-state index is 13.2. The van der Waals surface area contributed by atoms with Crippen LogP contribution in [0, 0.1) is 0 Å². The standard InChI is InChI=1S/C26H26F3N3O3S/c1-2-36(34,35)32-22-13-8-20(9-14-22)18-30-25(33)17-12-21-11-16-24(26(27,28)29)31-23(21)15-10-19-6-4-3-5-7-19/h3-9,11-14,16-17,32H,2,10,15,18H2,1H3,(H,30,33). The van der Waals surface area contributed by atoms with Gasteiger partial charge in [0.15, 0.2) is 0 Å². The first-order valence-electron chi connectivity index (χ1n) is 11.2. The molecule has 2 N–H and O–H groups in total. The number of aromatic nitrogens is 1. The number of halogens is 3. The fourth-order valence-electron chi connectivity index (χ4n) is 3.29. The number of carbonyl (C=O) groups is 1. The van der Waals surface area contributed by atoms with Gasteiger partial charge in [-0.25, -0.2) is 13.4 Å². The predicted molar refractivity (Wildman–Crippen MR) is 133 cm³/mol. The molecule has 0 saturated carbocycles. The van der Waals surface area contributed by atoms with Crippen LogP contribution in [-0.2, 0) is 40.4 Å². The highest BCUT2D eigenvalue weighted by molar-refractivity contribution is 7.92. The molecule has 10 heteroatoms. The summed E-state index contributed by atoms with van der Waals surface area (Å²) in [6.45, 7) is 1.73. The molecule has 3 aromatic rings. The summed E-state index contributed by atoms with van der Waals surface area (Å²) in [5.41, 5.74) is 1.85. The van der Waals surface area contributed by atoms with Crippen molar-refractivity contribution >= 4 is 27.7 Å². The normalized spacial score (nSPS) is 12.0. The topological polar surface area (TPSA) is 88.2 Å². The number of pyridine rings is 1. The zero-order valence-corrected chi connectivity index (χ0v) is 20.4. The Labute approximate surface area is 208 Å². The number of hydrogen-bond acceptors (Lipinski definition) is 4. The Morgan fingerprint density at radius 3 is 2.28 bits per heavy atom. The van der Waals surface area contributed by atoms with Gasteiger partial charge in [0.25, 0.3) is 0 Å². The quantitative estimate of drug-likeness (QED) is 0.372. The molecular weight excluding hydrogens is 491 g/mol. The number of alkyl halides is 3. The minimum Gasteiger partial charge on any atom is -0.348 e. The van der Waals surface area contributed by atoms with Crippen molar-refractivity contribution in [2.24, 2.45) is 0 Å². The number of anilines is 1. The molecule has 0 saturated heterocycles. The molecule has 0 bridgehead atoms. The molecule has 1 aromatic heterocycles. The van der Waals surface area contributed by atoms with Gasteiger partial charge < -0.3 is 5.32 Å². The first kappa shape index (κ1) is 26.9. The fourth-order valence-corrected chi connectivity index (χ4v) is 3.92. The maximum absolute atomic E-state index is 13.2. The molecule has 190 valence electrons. The van der Waals surface area contributed by atoms with E-state index in [0.717, 1.165) is 17.2 Å². The number of carbonyl (C=O) groups excluding carboxylic acids is 1. The largest absolute Gasteiger partial charge is 0.433 e. The number of sulfonamides is 1. The Morgan fingerprint density at radius 2 is 1.64 bits per heavy atom. The summed E-state index contributed by atoms with van der Waals surface area (Å²) < 4.78 is 65.2. The molecule has 6 nitrogen and oxygen atoms in total. The van der Waals surface area contributed by atoms with Crippen molar-refractivity contribution in [3.63, 3.8) is 0 Å². The number of aryl methyl sites for hydroxylation is 2. The molecular formula is C26H26F3N3O3S. The van der Waals surface area contributed by atoms with Crippen molar-refractivity contribution in [1.29, 1.82) is 0 Å². The van der Waals surface area contributed by atoms with Gasteiger partial charge in [-0.3, -0.25) is 9.52 Å². The number of amides is 1. The summed E-state index contributed by atoms with van der Waals surface area (Å²) in [7, 11) is -3.38. The predicted octanol–water partition coefficient (Wildman–Crippen LogP) is 4.98. The van der Waals surface area contributed by atoms with Gasteiger partial charge in [-0.2, -0.15) is 13.2 Å². The van der Waals surface area contributed by atoms with Crippen LogP contribution in [0.25, 0.3) is 6.08 Å². The highest BCUT2D eigenvalue weighted by Gasteiger charge is 2.32. The molecule has 1 amide bonds. The number of rotatable bonds is 10. The van der Waals surface area contributed by atoms with Crippen LogP contribution in [0.2, 0.25) is 0 Å². The lowest BCUT2D eigenvalue weighted by Gasteiger charge is -2.11. The Bertz CT molecular complexity index is 1310. The van der Waals surface area contributed by atoms with Crippen LogP contribution in [0.1, 0.15) is 35.0 Å². The van der Waals surface area contributed by atoms with Crippen molar-refractivity contribution in [2.45, 2.75) is 32.5 Å². The second-order valence-electron chi connectivity index (χ2n) is 7.97. The number of hydrogen-bond donors (Lipinski definition) is 2. The number of nitrogens with zero attached hydrogens (tertiary/aromatic N) is 1. The van der Waals surface area contributed by atoms with E-state index in [1.165, 1.54) is 25.1 Å². The molecule has 36 heavy (non-hydrogen) atoms. The zero-order chi connectivity index (χ0) is 26.2. The Morgan fingerprint density at radius 1 is 0.944 bits per heavy atom. The summed E-state index contributed by atoms with van der Waals surface area (Å²) in [6, 6.07) is 18.1. The fraction of sp³-hybridized carbons (Fsp3) is 0.231. The summed E-state index contributed by atoms with van der Waals surface area (Å²) in [4.78, 5) is 16.1. The molecule has 1 heterocycles. The van der Waals surface area contributed by atoms with Crippen LogP contribution in [0.5, 0.6) is 0 Å². The van der Waals surface area contributed by atoms with Gasteiger partial charge in [-0.15, -0.1) is 0 Å². The van der Waals surface area contributed by atoms with Crippen LogP contribution in [0.3, 0.4) is 0 Å². The molecule has 0 atom stereocenters. The first-order valence-corrected chi connectivity index (χ1v) is 12.9. The van der Waals surface area contributed by atoms with Crippen molar-refractivity contribution < 1.29 is 26.4 Å². The van der Waals surface area contributed by atoms with E-state index < -0.39 is 27.8 Å². The Hall–Kier alpha value is -3.66. The van der Waals surface area contributed by atoms with Gasteiger partial charge in [-0.1, -0.05) is 48.5 Å². The van der Waals surface area contributed by atoms with E-state index in [4.69, 9.17) is 0 Å². The first-order chi connectivity index (χ1) is 17.1. The van der Waals surface area contributed by atoms with E-state index >= 15 is 0 Å². The number of nitrogens with one attached hydrogen (secondary N) is 2. The monoisotopic (exact) mass is 517 g/mol. The average Bonchev–Trinajstić information content (AvgIpc) is 2.86. The van der Waals surface area contributed by atoms with Gasteiger partial charge in [0.1, 0.15) is 5.69 Å². The molecule has 0 aliphatic carbocycles. The lowest BCUT2D eigenvalue weighted by atomic mass is 10.0. The van der Waals surface area contributed by atoms with E-state index in [9.17, 15) is 26.4 Å². The minimum atomic E-state index is -4.56. The van der Waals surface area contributed by atoms with E-state index in [1.807, 2.05) is 30.3 Å². The number of benzene rings is 2. The van der Waals surface area contributed by atoms with E-state index in [-0.39, 0.29) is 24.4 Å². The van der Waals surface area contributed by atoms with Crippen molar-refractivity contribution in [1.82, 2.24) is 10.3 Å². The highest BCUT2D eigenvalue weighted by atomic mass is 32.2. The van der Waals surface area contributed by atoms with Crippen LogP contribution in [0.15, 0.2) is 72.8 Å². The lowest BCUT2D eigenvalue weighted by molar-refractivity contribution is -0.141. The second kappa shape index (κ2) is 11.9. The van der Waals surface area contributed by atoms with E-state index in [0.29, 0.717) is 17.7 Å². The van der Waals surface area contributed by atoms with Crippen molar-refractivity contribution in [2.75, 3.05) is 10.5 Å². The Balaban J connectivity index is 1.65. The Kier molecular flexibility index (Phi) is 8.87. The van der Waals surface area contributed by atoms with Crippen LogP contribution < -0.4 is 10.0 Å². The maximum Gasteiger partial charge on any atom is 0.433 e. The average molecular weight is 518 g/mol. The highest BCUT2D eigenvalue weighted by Crippen LogP contribution is 2.29. The van der Waals surface area contributed by atoms with Crippen LogP contribution in [-0.4, -0.2) is 25.1 Å². The third kappa shape index (κ3) is 8.23. The van der Waals surface area contributed by atoms with Crippen molar-refractivity contribution in [3.8, 4) is 0 Å². The van der Waals surface area contributed by atoms with Gasteiger partial charge in [0.2, 0.25) is 15.9 Å². The van der Waals surface area contributed by atoms with Gasteiger partial charge in [0, 0.05) is 24.0 Å². The summed E-state index contributed by atoms with van der Waals surface area (Å²) in [6.07, 6.45) is -1.08. The van der Waals surface area contributed by atoms with Crippen molar-refractivity contribution in [3.05, 3.63) is 101 Å². The van der Waals surface area contributed by atoms with E-state index in [1.54, 1.807) is 24.3 Å². The van der Waals surface area contributed by atoms with Crippen LogP contribution >= 0.6 is 0 Å². The third-order valence-electron chi connectivity index (χ3n) is 5.28. The molecule has 0 spiro atoms. The minimum absolute atomic E-state index is 0.0421. The summed E-state index contributed by atoms with van der Waals surface area (Å²) >= 11 is 0. The molecule has 0 fully saturated rings. The molecule has 3 rings (SSSR count). The van der Waals surface area contributed by atoms with Crippen LogP contribution in [0.4, 0.5) is 18.9 Å². The smallest absolute Gasteiger partial charge is 0.348 e. The van der Waals surface area contributed by atoms with Gasteiger partial charge in [-0.05, 0) is 60.7 Å².